The number of quaternary nitrogens is 1. The SMILES string of the molecule is C[C@H](Cc1ccc2c(c1)OCO2)[NH2+]CC(=O)NC12CC3CC(CC(C3)C1)C2. The first-order valence-corrected chi connectivity index (χ1v) is 10.6. The monoisotopic (exact) mass is 371 g/mol. The van der Waals surface area contributed by atoms with Gasteiger partial charge in [-0.25, -0.2) is 0 Å². The van der Waals surface area contributed by atoms with Crippen LogP contribution in [0.2, 0.25) is 0 Å². The summed E-state index contributed by atoms with van der Waals surface area (Å²) in [5.41, 5.74) is 1.35. The Morgan fingerprint density at radius 2 is 1.81 bits per heavy atom. The summed E-state index contributed by atoms with van der Waals surface area (Å²) >= 11 is 0. The highest BCUT2D eigenvalue weighted by atomic mass is 16.7. The Balaban J connectivity index is 1.12. The Morgan fingerprint density at radius 1 is 1.15 bits per heavy atom. The summed E-state index contributed by atoms with van der Waals surface area (Å²) in [4.78, 5) is 12.7. The van der Waals surface area contributed by atoms with Crippen molar-refractivity contribution in [2.75, 3.05) is 13.3 Å². The lowest BCUT2D eigenvalue weighted by Crippen LogP contribution is -2.92. The molecule has 27 heavy (non-hydrogen) atoms. The number of nitrogens with one attached hydrogen (secondary N) is 1. The second-order valence-corrected chi connectivity index (χ2v) is 9.55. The van der Waals surface area contributed by atoms with E-state index in [-0.39, 0.29) is 11.4 Å². The third kappa shape index (κ3) is 3.54. The molecule has 0 unspecified atom stereocenters. The summed E-state index contributed by atoms with van der Waals surface area (Å²) in [5.74, 6) is 4.47. The first kappa shape index (κ1) is 17.4. The zero-order valence-electron chi connectivity index (χ0n) is 16.2. The zero-order valence-corrected chi connectivity index (χ0v) is 16.2. The number of nitrogens with two attached hydrogens (primary N) is 1. The Morgan fingerprint density at radius 3 is 2.52 bits per heavy atom. The molecule has 4 bridgehead atoms. The van der Waals surface area contributed by atoms with Gasteiger partial charge in [-0.15, -0.1) is 0 Å². The lowest BCUT2D eigenvalue weighted by molar-refractivity contribution is -0.675. The van der Waals surface area contributed by atoms with Crippen molar-refractivity contribution in [2.24, 2.45) is 17.8 Å². The van der Waals surface area contributed by atoms with Gasteiger partial charge in [0.15, 0.2) is 18.0 Å². The molecule has 0 radical (unpaired) electrons. The standard InChI is InChI=1S/C22H30N2O3/c1-14(4-15-2-3-19-20(8-15)27-13-26-19)23-12-21(25)24-22-9-16-5-17(10-22)7-18(6-16)11-22/h2-3,8,14,16-18,23H,4-7,9-13H2,1H3,(H,24,25)/p+1/t14-,16?,17?,18?,22?/m1/s1. The van der Waals surface area contributed by atoms with E-state index < -0.39 is 0 Å². The molecule has 5 nitrogen and oxygen atoms in total. The fourth-order valence-corrected chi connectivity index (χ4v) is 6.44. The molecule has 0 aromatic heterocycles. The summed E-state index contributed by atoms with van der Waals surface area (Å²) in [6, 6.07) is 6.48. The predicted molar refractivity (Wildman–Crippen MR) is 102 cm³/mol. The van der Waals surface area contributed by atoms with Crippen molar-refractivity contribution in [2.45, 2.75) is 63.5 Å². The topological polar surface area (TPSA) is 64.2 Å². The van der Waals surface area contributed by atoms with E-state index in [1.165, 1.54) is 44.1 Å². The van der Waals surface area contributed by atoms with Crippen molar-refractivity contribution in [1.82, 2.24) is 5.32 Å². The zero-order chi connectivity index (χ0) is 18.4. The number of benzene rings is 1. The Labute approximate surface area is 161 Å². The lowest BCUT2D eigenvalue weighted by Gasteiger charge is -2.56. The number of carbonyl (C=O) groups is 1. The molecule has 1 aliphatic heterocycles. The normalized spacial score (nSPS) is 33.9. The van der Waals surface area contributed by atoms with Crippen LogP contribution in [-0.2, 0) is 11.2 Å². The molecule has 146 valence electrons. The second-order valence-electron chi connectivity index (χ2n) is 9.55. The maximum absolute atomic E-state index is 12.7. The van der Waals surface area contributed by atoms with E-state index in [1.807, 2.05) is 6.07 Å². The molecule has 4 saturated carbocycles. The van der Waals surface area contributed by atoms with Gasteiger partial charge in [0.1, 0.15) is 0 Å². The Kier molecular flexibility index (Phi) is 4.30. The highest BCUT2D eigenvalue weighted by molar-refractivity contribution is 5.77. The molecule has 1 aromatic carbocycles. The van der Waals surface area contributed by atoms with Crippen LogP contribution in [0.1, 0.15) is 51.0 Å². The first-order valence-electron chi connectivity index (χ1n) is 10.6. The largest absolute Gasteiger partial charge is 0.454 e. The molecule has 0 saturated heterocycles. The molecule has 5 heteroatoms. The lowest BCUT2D eigenvalue weighted by atomic mass is 9.53. The van der Waals surface area contributed by atoms with Crippen LogP contribution in [0.4, 0.5) is 0 Å². The van der Waals surface area contributed by atoms with Gasteiger partial charge in [-0.2, -0.15) is 0 Å². The summed E-state index contributed by atoms with van der Waals surface area (Å²) in [5, 5.41) is 5.64. The van der Waals surface area contributed by atoms with Crippen molar-refractivity contribution >= 4 is 5.91 Å². The van der Waals surface area contributed by atoms with Gasteiger partial charge in [-0.1, -0.05) is 6.07 Å². The maximum Gasteiger partial charge on any atom is 0.275 e. The molecular formula is C22H31N2O3+. The number of amides is 1. The third-order valence-electron chi connectivity index (χ3n) is 7.14. The summed E-state index contributed by atoms with van der Waals surface area (Å²) < 4.78 is 10.8. The number of carbonyl (C=O) groups excluding carboxylic acids is 1. The van der Waals surface area contributed by atoms with Crippen LogP contribution < -0.4 is 20.1 Å². The minimum absolute atomic E-state index is 0.125. The minimum Gasteiger partial charge on any atom is -0.454 e. The van der Waals surface area contributed by atoms with E-state index in [9.17, 15) is 4.79 Å². The summed E-state index contributed by atoms with van der Waals surface area (Å²) in [7, 11) is 0. The van der Waals surface area contributed by atoms with Crippen molar-refractivity contribution in [1.29, 1.82) is 0 Å². The second kappa shape index (κ2) is 6.69. The van der Waals surface area contributed by atoms with E-state index in [2.05, 4.69) is 29.7 Å². The number of fused-ring (bicyclic) bond motifs is 1. The molecule has 4 fully saturated rings. The predicted octanol–water partition coefficient (Wildman–Crippen LogP) is 1.99. The number of ether oxygens (including phenoxy) is 2. The van der Waals surface area contributed by atoms with Crippen LogP contribution in [0.3, 0.4) is 0 Å². The van der Waals surface area contributed by atoms with Crippen molar-refractivity contribution in [3.05, 3.63) is 23.8 Å². The van der Waals surface area contributed by atoms with E-state index in [4.69, 9.17) is 9.47 Å². The van der Waals surface area contributed by atoms with E-state index in [0.29, 0.717) is 19.4 Å². The van der Waals surface area contributed by atoms with Gasteiger partial charge in [0, 0.05) is 12.0 Å². The number of hydrogen-bond donors (Lipinski definition) is 2. The smallest absolute Gasteiger partial charge is 0.275 e. The van der Waals surface area contributed by atoms with Crippen molar-refractivity contribution in [3.8, 4) is 11.5 Å². The van der Waals surface area contributed by atoms with Gasteiger partial charge in [0.05, 0.1) is 6.04 Å². The van der Waals surface area contributed by atoms with Gasteiger partial charge in [-0.05, 0) is 80.9 Å². The molecule has 1 atom stereocenters. The van der Waals surface area contributed by atoms with Crippen molar-refractivity contribution < 1.29 is 19.6 Å². The molecule has 4 aliphatic carbocycles. The van der Waals surface area contributed by atoms with Gasteiger partial charge >= 0.3 is 0 Å². The fraction of sp³-hybridized carbons (Fsp3) is 0.682. The molecule has 6 rings (SSSR count). The van der Waals surface area contributed by atoms with Crippen LogP contribution >= 0.6 is 0 Å². The summed E-state index contributed by atoms with van der Waals surface area (Å²) in [6.07, 6.45) is 8.81. The quantitative estimate of drug-likeness (QED) is 0.804. The van der Waals surface area contributed by atoms with Crippen LogP contribution in [0, 0.1) is 17.8 Å². The third-order valence-corrected chi connectivity index (χ3v) is 7.14. The Bertz CT molecular complexity index is 697. The Hall–Kier alpha value is -1.75. The highest BCUT2D eigenvalue weighted by Gasteiger charge is 2.51. The highest BCUT2D eigenvalue weighted by Crippen LogP contribution is 2.55. The van der Waals surface area contributed by atoms with Crippen LogP contribution in [-0.4, -0.2) is 30.8 Å². The molecule has 1 aromatic rings. The van der Waals surface area contributed by atoms with Gasteiger partial charge < -0.3 is 20.1 Å². The van der Waals surface area contributed by atoms with Gasteiger partial charge in [0.25, 0.3) is 5.91 Å². The van der Waals surface area contributed by atoms with Crippen LogP contribution in [0.15, 0.2) is 18.2 Å². The molecule has 3 N–H and O–H groups in total. The number of rotatable bonds is 6. The van der Waals surface area contributed by atoms with Crippen LogP contribution in [0.5, 0.6) is 11.5 Å². The van der Waals surface area contributed by atoms with Gasteiger partial charge in [0.2, 0.25) is 6.79 Å². The molecular weight excluding hydrogens is 340 g/mol. The minimum atomic E-state index is 0.125. The average molecular weight is 372 g/mol. The van der Waals surface area contributed by atoms with E-state index >= 15 is 0 Å². The number of hydrogen-bond acceptors (Lipinski definition) is 3. The van der Waals surface area contributed by atoms with Crippen LogP contribution in [0.25, 0.3) is 0 Å². The fourth-order valence-electron chi connectivity index (χ4n) is 6.44. The average Bonchev–Trinajstić information content (AvgIpc) is 3.06. The van der Waals surface area contributed by atoms with E-state index in [1.54, 1.807) is 0 Å². The molecule has 1 amide bonds. The summed E-state index contributed by atoms with van der Waals surface area (Å²) in [6.45, 7) is 3.01. The van der Waals surface area contributed by atoms with E-state index in [0.717, 1.165) is 35.7 Å². The van der Waals surface area contributed by atoms with Gasteiger partial charge in [-0.3, -0.25) is 4.79 Å². The maximum atomic E-state index is 12.7. The molecule has 1 heterocycles. The first-order chi connectivity index (χ1) is 13.1. The molecule has 5 aliphatic rings. The van der Waals surface area contributed by atoms with Crippen molar-refractivity contribution in [3.63, 3.8) is 0 Å². The molecule has 0 spiro atoms.